The van der Waals surface area contributed by atoms with E-state index in [2.05, 4.69) is 4.72 Å². The van der Waals surface area contributed by atoms with E-state index in [1.807, 2.05) is 0 Å². The van der Waals surface area contributed by atoms with Gasteiger partial charge in [-0.3, -0.25) is 4.72 Å². The van der Waals surface area contributed by atoms with Crippen LogP contribution in [0.4, 0.5) is 5.69 Å². The molecule has 0 atom stereocenters. The van der Waals surface area contributed by atoms with E-state index in [1.165, 1.54) is 28.6 Å². The summed E-state index contributed by atoms with van der Waals surface area (Å²) in [7, 11) is -7.64. The predicted molar refractivity (Wildman–Crippen MR) is 117 cm³/mol. The van der Waals surface area contributed by atoms with Gasteiger partial charge in [0.1, 0.15) is 0 Å². The number of ether oxygens (including phenoxy) is 2. The molecule has 4 rings (SSSR count). The van der Waals surface area contributed by atoms with E-state index in [0.717, 1.165) is 19.3 Å². The fourth-order valence-corrected chi connectivity index (χ4v) is 6.32. The summed E-state index contributed by atoms with van der Waals surface area (Å²) in [6.45, 7) is 3.64. The molecule has 0 amide bonds. The Morgan fingerprint density at radius 3 is 2.23 bits per heavy atom. The molecular weight excluding hydrogens is 440 g/mol. The maximum atomic E-state index is 13.0. The van der Waals surface area contributed by atoms with Crippen molar-refractivity contribution in [1.29, 1.82) is 0 Å². The van der Waals surface area contributed by atoms with Crippen LogP contribution in [0, 0.1) is 6.92 Å². The quantitative estimate of drug-likeness (QED) is 0.726. The molecule has 2 aliphatic rings. The number of piperidine rings is 1. The fourth-order valence-electron chi connectivity index (χ4n) is 3.64. The van der Waals surface area contributed by atoms with Crippen LogP contribution >= 0.6 is 0 Å². The lowest BCUT2D eigenvalue weighted by Crippen LogP contribution is -2.35. The molecule has 2 aromatic rings. The highest BCUT2D eigenvalue weighted by Gasteiger charge is 2.27. The average molecular weight is 467 g/mol. The van der Waals surface area contributed by atoms with Gasteiger partial charge >= 0.3 is 0 Å². The molecule has 1 N–H and O–H groups in total. The summed E-state index contributed by atoms with van der Waals surface area (Å²) in [5.74, 6) is 0.876. The summed E-state index contributed by atoms with van der Waals surface area (Å²) >= 11 is 0. The minimum atomic E-state index is -3.96. The van der Waals surface area contributed by atoms with E-state index >= 15 is 0 Å². The van der Waals surface area contributed by atoms with Gasteiger partial charge in [0.05, 0.1) is 28.7 Å². The molecule has 2 aliphatic heterocycles. The first-order valence-corrected chi connectivity index (χ1v) is 13.2. The zero-order chi connectivity index (χ0) is 22.1. The average Bonchev–Trinajstić information content (AvgIpc) is 3.00. The molecule has 0 aliphatic carbocycles. The van der Waals surface area contributed by atoms with Crippen molar-refractivity contribution in [2.45, 2.75) is 42.4 Å². The predicted octanol–water partition coefficient (Wildman–Crippen LogP) is 3.13. The van der Waals surface area contributed by atoms with Crippen LogP contribution < -0.4 is 14.2 Å². The van der Waals surface area contributed by atoms with Crippen LogP contribution in [0.5, 0.6) is 11.5 Å². The van der Waals surface area contributed by atoms with Gasteiger partial charge in [-0.2, -0.15) is 4.31 Å². The van der Waals surface area contributed by atoms with Crippen LogP contribution in [0.1, 0.15) is 31.2 Å². The number of hydrogen-bond acceptors (Lipinski definition) is 6. The van der Waals surface area contributed by atoms with Gasteiger partial charge in [0.15, 0.2) is 11.5 Å². The van der Waals surface area contributed by atoms with Gasteiger partial charge in [-0.25, -0.2) is 16.8 Å². The highest BCUT2D eigenvalue weighted by atomic mass is 32.2. The number of anilines is 1. The molecule has 0 spiro atoms. The van der Waals surface area contributed by atoms with E-state index in [1.54, 1.807) is 19.1 Å². The molecule has 2 aromatic carbocycles. The number of benzene rings is 2. The first-order valence-electron chi connectivity index (χ1n) is 10.3. The number of rotatable bonds is 5. The second kappa shape index (κ2) is 8.68. The number of aryl methyl sites for hydroxylation is 1. The molecule has 8 nitrogen and oxygen atoms in total. The fraction of sp³-hybridized carbons (Fsp3) is 0.429. The molecule has 10 heteroatoms. The van der Waals surface area contributed by atoms with E-state index in [9.17, 15) is 16.8 Å². The van der Waals surface area contributed by atoms with Gasteiger partial charge < -0.3 is 9.47 Å². The summed E-state index contributed by atoms with van der Waals surface area (Å²) in [4.78, 5) is 0.0943. The maximum absolute atomic E-state index is 13.0. The van der Waals surface area contributed by atoms with Gasteiger partial charge in [0.25, 0.3) is 10.0 Å². The Kier molecular flexibility index (Phi) is 6.14. The van der Waals surface area contributed by atoms with Crippen molar-refractivity contribution < 1.29 is 26.3 Å². The standard InChI is InChI=1S/C21H26N2O6S2/c1-16-6-7-18(31(26,27)23-10-3-2-4-11-23)14-19(16)22-30(24,25)17-8-9-20-21(15-17)29-13-5-12-28-20/h6-9,14-15,22H,2-5,10-13H2,1H3. The Morgan fingerprint density at radius 1 is 0.806 bits per heavy atom. The molecule has 31 heavy (non-hydrogen) atoms. The molecule has 2 heterocycles. The van der Waals surface area contributed by atoms with Crippen molar-refractivity contribution in [3.05, 3.63) is 42.0 Å². The van der Waals surface area contributed by atoms with Gasteiger partial charge in [0, 0.05) is 25.6 Å². The second-order valence-electron chi connectivity index (χ2n) is 7.71. The first-order chi connectivity index (χ1) is 14.8. The Morgan fingerprint density at radius 2 is 1.48 bits per heavy atom. The van der Waals surface area contributed by atoms with Crippen LogP contribution in [0.25, 0.3) is 0 Å². The Hall–Kier alpha value is -2.30. The Bertz CT molecular complexity index is 1170. The maximum Gasteiger partial charge on any atom is 0.262 e. The zero-order valence-corrected chi connectivity index (χ0v) is 19.0. The van der Waals surface area contributed by atoms with Gasteiger partial charge in [-0.05, 0) is 49.6 Å². The van der Waals surface area contributed by atoms with E-state index in [4.69, 9.17) is 9.47 Å². The lowest BCUT2D eigenvalue weighted by atomic mass is 10.2. The Labute approximate surface area is 183 Å². The van der Waals surface area contributed by atoms with Gasteiger partial charge in [-0.15, -0.1) is 0 Å². The topological polar surface area (TPSA) is 102 Å². The third-order valence-electron chi connectivity index (χ3n) is 5.44. The number of sulfonamides is 2. The van der Waals surface area contributed by atoms with E-state index in [-0.39, 0.29) is 15.5 Å². The van der Waals surface area contributed by atoms with Crippen LogP contribution in [0.2, 0.25) is 0 Å². The molecule has 168 valence electrons. The van der Waals surface area contributed by atoms with Crippen molar-refractivity contribution in [2.75, 3.05) is 31.0 Å². The van der Waals surface area contributed by atoms with E-state index in [0.29, 0.717) is 49.8 Å². The monoisotopic (exact) mass is 466 g/mol. The van der Waals surface area contributed by atoms with Crippen molar-refractivity contribution >= 4 is 25.7 Å². The van der Waals surface area contributed by atoms with E-state index < -0.39 is 20.0 Å². The molecule has 0 aromatic heterocycles. The minimum Gasteiger partial charge on any atom is -0.490 e. The number of hydrogen-bond donors (Lipinski definition) is 1. The normalized spacial score (nSPS) is 17.7. The van der Waals surface area contributed by atoms with Gasteiger partial charge in [0.2, 0.25) is 10.0 Å². The van der Waals surface area contributed by atoms with Crippen molar-refractivity contribution in [1.82, 2.24) is 4.31 Å². The molecule has 0 saturated carbocycles. The number of fused-ring (bicyclic) bond motifs is 1. The molecule has 1 fully saturated rings. The molecule has 0 unspecified atom stereocenters. The van der Waals surface area contributed by atoms with Crippen LogP contribution in [-0.4, -0.2) is 47.4 Å². The highest BCUT2D eigenvalue weighted by molar-refractivity contribution is 7.92. The van der Waals surface area contributed by atoms with Gasteiger partial charge in [-0.1, -0.05) is 12.5 Å². The van der Waals surface area contributed by atoms with Crippen molar-refractivity contribution in [3.63, 3.8) is 0 Å². The SMILES string of the molecule is Cc1ccc(S(=O)(=O)N2CCCCC2)cc1NS(=O)(=O)c1ccc2c(c1)OCCCO2. The largest absolute Gasteiger partial charge is 0.490 e. The molecule has 0 bridgehead atoms. The third-order valence-corrected chi connectivity index (χ3v) is 8.69. The van der Waals surface area contributed by atoms with Crippen LogP contribution in [0.15, 0.2) is 46.2 Å². The molecular formula is C21H26N2O6S2. The van der Waals surface area contributed by atoms with Crippen LogP contribution in [0.3, 0.4) is 0 Å². The number of nitrogens with zero attached hydrogens (tertiary/aromatic N) is 1. The number of nitrogens with one attached hydrogen (secondary N) is 1. The summed E-state index contributed by atoms with van der Waals surface area (Å²) in [5, 5.41) is 0. The first kappa shape index (κ1) is 21.9. The highest BCUT2D eigenvalue weighted by Crippen LogP contribution is 2.33. The summed E-state index contributed by atoms with van der Waals surface area (Å²) in [5.41, 5.74) is 0.848. The zero-order valence-electron chi connectivity index (χ0n) is 17.3. The van der Waals surface area contributed by atoms with Crippen molar-refractivity contribution in [2.24, 2.45) is 0 Å². The smallest absolute Gasteiger partial charge is 0.262 e. The third kappa shape index (κ3) is 4.65. The molecule has 0 radical (unpaired) electrons. The summed E-state index contributed by atoms with van der Waals surface area (Å²) in [6.07, 6.45) is 3.39. The summed E-state index contributed by atoms with van der Waals surface area (Å²) in [6, 6.07) is 8.96. The van der Waals surface area contributed by atoms with Crippen molar-refractivity contribution in [3.8, 4) is 11.5 Å². The lowest BCUT2D eigenvalue weighted by Gasteiger charge is -2.26. The second-order valence-corrected chi connectivity index (χ2v) is 11.3. The Balaban J connectivity index is 1.63. The summed E-state index contributed by atoms with van der Waals surface area (Å²) < 4.78 is 67.2. The van der Waals surface area contributed by atoms with Crippen LogP contribution in [-0.2, 0) is 20.0 Å². The lowest BCUT2D eigenvalue weighted by molar-refractivity contribution is 0.297. The minimum absolute atomic E-state index is 0.0143. The molecule has 1 saturated heterocycles.